The van der Waals surface area contributed by atoms with Crippen LogP contribution >= 0.6 is 0 Å². The van der Waals surface area contributed by atoms with Crippen LogP contribution in [-0.2, 0) is 0 Å². The van der Waals surface area contributed by atoms with Crippen LogP contribution in [-0.4, -0.2) is 42.5 Å². The third kappa shape index (κ3) is 3.01. The van der Waals surface area contributed by atoms with Crippen LogP contribution in [0.25, 0.3) is 0 Å². The maximum absolute atomic E-state index is 2.68. The van der Waals surface area contributed by atoms with Gasteiger partial charge in [-0.05, 0) is 51.4 Å². The average molecular weight is 258 g/mol. The van der Waals surface area contributed by atoms with Gasteiger partial charge in [0.2, 0.25) is 0 Å². The third-order valence-electron chi connectivity index (χ3n) is 4.94. The first-order chi connectivity index (χ1) is 9.34. The van der Waals surface area contributed by atoms with Crippen LogP contribution in [0.5, 0.6) is 0 Å². The van der Waals surface area contributed by atoms with Gasteiger partial charge in [0.15, 0.2) is 0 Å². The highest BCUT2D eigenvalue weighted by Crippen LogP contribution is 2.34. The molecule has 2 atom stereocenters. The van der Waals surface area contributed by atoms with Crippen LogP contribution < -0.4 is 0 Å². The summed E-state index contributed by atoms with van der Waals surface area (Å²) in [6.07, 6.45) is 6.91. The highest BCUT2D eigenvalue weighted by atomic mass is 15.2. The molecule has 1 aromatic rings. The minimum Gasteiger partial charge on any atom is -0.302 e. The zero-order chi connectivity index (χ0) is 13.1. The maximum atomic E-state index is 2.68. The van der Waals surface area contributed by atoms with Crippen LogP contribution in [0.2, 0.25) is 0 Å². The Kier molecular flexibility index (Phi) is 4.19. The number of hydrogen-bond donors (Lipinski definition) is 0. The second-order valence-corrected chi connectivity index (χ2v) is 6.18. The summed E-state index contributed by atoms with van der Waals surface area (Å²) in [7, 11) is 2.32. The summed E-state index contributed by atoms with van der Waals surface area (Å²) in [5.41, 5.74) is 1.49. The molecule has 2 saturated heterocycles. The molecule has 2 heterocycles. The number of nitrogens with zero attached hydrogens (tertiary/aromatic N) is 2. The number of rotatable bonds is 3. The molecule has 2 nitrogen and oxygen atoms in total. The van der Waals surface area contributed by atoms with E-state index in [2.05, 4.69) is 47.2 Å². The Balaban J connectivity index is 1.60. The van der Waals surface area contributed by atoms with Crippen LogP contribution in [0.1, 0.15) is 43.7 Å². The number of benzene rings is 1. The standard InChI is InChI=1S/C17H26N2/c1-18-16(14-19-12-6-3-7-13-19)10-11-17(18)15-8-4-2-5-9-15/h2,4-5,8-9,16-17H,3,6-7,10-14H2,1H3/t16-,17+/m0/s1. The van der Waals surface area contributed by atoms with Crippen molar-refractivity contribution in [2.24, 2.45) is 0 Å². The summed E-state index contributed by atoms with van der Waals surface area (Å²) in [6.45, 7) is 3.92. The Hall–Kier alpha value is -0.860. The molecule has 3 rings (SSSR count). The molecule has 0 radical (unpaired) electrons. The van der Waals surface area contributed by atoms with Crippen molar-refractivity contribution in [1.82, 2.24) is 9.80 Å². The molecule has 104 valence electrons. The van der Waals surface area contributed by atoms with E-state index in [1.54, 1.807) is 0 Å². The largest absolute Gasteiger partial charge is 0.302 e. The first-order valence-electron chi connectivity index (χ1n) is 7.84. The fourth-order valence-corrected chi connectivity index (χ4v) is 3.75. The molecule has 0 unspecified atom stereocenters. The molecular formula is C17H26N2. The lowest BCUT2D eigenvalue weighted by Crippen LogP contribution is -2.41. The molecule has 1 aromatic carbocycles. The third-order valence-corrected chi connectivity index (χ3v) is 4.94. The average Bonchev–Trinajstić information content (AvgIpc) is 2.82. The normalized spacial score (nSPS) is 29.7. The smallest absolute Gasteiger partial charge is 0.0349 e. The Morgan fingerprint density at radius 3 is 2.47 bits per heavy atom. The zero-order valence-electron chi connectivity index (χ0n) is 12.1. The quantitative estimate of drug-likeness (QED) is 0.820. The van der Waals surface area contributed by atoms with E-state index in [4.69, 9.17) is 0 Å². The van der Waals surface area contributed by atoms with Gasteiger partial charge in [-0.2, -0.15) is 0 Å². The van der Waals surface area contributed by atoms with Crippen LogP contribution in [0.3, 0.4) is 0 Å². The van der Waals surface area contributed by atoms with E-state index in [0.29, 0.717) is 6.04 Å². The topological polar surface area (TPSA) is 6.48 Å². The van der Waals surface area contributed by atoms with Crippen molar-refractivity contribution in [1.29, 1.82) is 0 Å². The van der Waals surface area contributed by atoms with Gasteiger partial charge in [-0.15, -0.1) is 0 Å². The van der Waals surface area contributed by atoms with E-state index in [0.717, 1.165) is 6.04 Å². The summed E-state index contributed by atoms with van der Waals surface area (Å²) in [6, 6.07) is 12.4. The predicted octanol–water partition coefficient (Wildman–Crippen LogP) is 3.31. The Morgan fingerprint density at radius 2 is 1.74 bits per heavy atom. The molecule has 0 saturated carbocycles. The van der Waals surface area contributed by atoms with Crippen molar-refractivity contribution < 1.29 is 0 Å². The lowest BCUT2D eigenvalue weighted by molar-refractivity contribution is 0.151. The van der Waals surface area contributed by atoms with Gasteiger partial charge in [-0.25, -0.2) is 0 Å². The summed E-state index contributed by atoms with van der Waals surface area (Å²) in [5.74, 6) is 0. The summed E-state index contributed by atoms with van der Waals surface area (Å²) < 4.78 is 0. The second kappa shape index (κ2) is 6.06. The van der Waals surface area contributed by atoms with Crippen molar-refractivity contribution in [2.45, 2.75) is 44.2 Å². The molecule has 2 heteroatoms. The van der Waals surface area contributed by atoms with E-state index in [1.807, 2.05) is 0 Å². The van der Waals surface area contributed by atoms with Gasteiger partial charge in [0, 0.05) is 18.6 Å². The predicted molar refractivity (Wildman–Crippen MR) is 80.3 cm³/mol. The highest BCUT2D eigenvalue weighted by Gasteiger charge is 2.32. The zero-order valence-corrected chi connectivity index (χ0v) is 12.1. The highest BCUT2D eigenvalue weighted by molar-refractivity contribution is 5.20. The Labute approximate surface area is 117 Å². The minimum absolute atomic E-state index is 0.635. The van der Waals surface area contributed by atoms with Crippen molar-refractivity contribution in [3.63, 3.8) is 0 Å². The van der Waals surface area contributed by atoms with Gasteiger partial charge in [0.25, 0.3) is 0 Å². The minimum atomic E-state index is 0.635. The summed E-state index contributed by atoms with van der Waals surface area (Å²) >= 11 is 0. The van der Waals surface area contributed by atoms with Crippen molar-refractivity contribution >= 4 is 0 Å². The van der Waals surface area contributed by atoms with E-state index in [-0.39, 0.29) is 0 Å². The van der Waals surface area contributed by atoms with Crippen molar-refractivity contribution in [3.05, 3.63) is 35.9 Å². The monoisotopic (exact) mass is 258 g/mol. The molecular weight excluding hydrogens is 232 g/mol. The van der Waals surface area contributed by atoms with Gasteiger partial charge in [-0.3, -0.25) is 4.90 Å². The van der Waals surface area contributed by atoms with Crippen LogP contribution in [0, 0.1) is 0 Å². The molecule has 0 aliphatic carbocycles. The van der Waals surface area contributed by atoms with Gasteiger partial charge in [0.1, 0.15) is 0 Å². The fraction of sp³-hybridized carbons (Fsp3) is 0.647. The summed E-state index contributed by atoms with van der Waals surface area (Å²) in [5, 5.41) is 0. The molecule has 0 spiro atoms. The Morgan fingerprint density at radius 1 is 1.00 bits per heavy atom. The molecule has 0 bridgehead atoms. The van der Waals surface area contributed by atoms with Gasteiger partial charge >= 0.3 is 0 Å². The molecule has 2 aliphatic rings. The molecule has 2 fully saturated rings. The number of hydrogen-bond acceptors (Lipinski definition) is 2. The number of piperidine rings is 1. The first kappa shape index (κ1) is 13.1. The molecule has 2 aliphatic heterocycles. The van der Waals surface area contributed by atoms with E-state index in [1.165, 1.54) is 57.3 Å². The van der Waals surface area contributed by atoms with Crippen LogP contribution in [0.15, 0.2) is 30.3 Å². The second-order valence-electron chi connectivity index (χ2n) is 6.18. The lowest BCUT2D eigenvalue weighted by atomic mass is 10.1. The molecule has 19 heavy (non-hydrogen) atoms. The van der Waals surface area contributed by atoms with E-state index < -0.39 is 0 Å². The van der Waals surface area contributed by atoms with Crippen molar-refractivity contribution in [2.75, 3.05) is 26.7 Å². The first-order valence-corrected chi connectivity index (χ1v) is 7.84. The fourth-order valence-electron chi connectivity index (χ4n) is 3.75. The SMILES string of the molecule is CN1[C@H](CN2CCCCC2)CC[C@@H]1c1ccccc1. The molecule has 0 N–H and O–H groups in total. The lowest BCUT2D eigenvalue weighted by Gasteiger charge is -2.33. The van der Waals surface area contributed by atoms with E-state index in [9.17, 15) is 0 Å². The molecule has 0 aromatic heterocycles. The Bertz CT molecular complexity index is 384. The van der Waals surface area contributed by atoms with Gasteiger partial charge in [-0.1, -0.05) is 36.8 Å². The maximum Gasteiger partial charge on any atom is 0.0349 e. The van der Waals surface area contributed by atoms with Crippen molar-refractivity contribution in [3.8, 4) is 0 Å². The number of likely N-dealkylation sites (tertiary alicyclic amines) is 2. The summed E-state index contributed by atoms with van der Waals surface area (Å²) in [4.78, 5) is 5.29. The number of likely N-dealkylation sites (N-methyl/N-ethyl adjacent to an activating group) is 1. The van der Waals surface area contributed by atoms with Gasteiger partial charge < -0.3 is 4.90 Å². The molecule has 0 amide bonds. The van der Waals surface area contributed by atoms with Crippen LogP contribution in [0.4, 0.5) is 0 Å². The van der Waals surface area contributed by atoms with E-state index >= 15 is 0 Å². The van der Waals surface area contributed by atoms with Gasteiger partial charge in [0.05, 0.1) is 0 Å².